The van der Waals surface area contributed by atoms with Gasteiger partial charge in [-0.3, -0.25) is 9.59 Å². The normalized spacial score (nSPS) is 16.1. The van der Waals surface area contributed by atoms with Crippen LogP contribution < -0.4 is 14.8 Å². The Morgan fingerprint density at radius 2 is 1.88 bits per heavy atom. The Labute approximate surface area is 200 Å². The van der Waals surface area contributed by atoms with Crippen LogP contribution in [0.25, 0.3) is 0 Å². The molecule has 34 heavy (non-hydrogen) atoms. The first-order valence-electron chi connectivity index (χ1n) is 11.6. The molecule has 1 N–H and O–H groups in total. The van der Waals surface area contributed by atoms with Crippen LogP contribution in [-0.4, -0.2) is 29.9 Å². The predicted octanol–water partition coefficient (Wildman–Crippen LogP) is 5.60. The third kappa shape index (κ3) is 4.91. The first kappa shape index (κ1) is 23.4. The fraction of sp³-hybridized carbons (Fsp3) is 0.286. The highest BCUT2D eigenvalue weighted by molar-refractivity contribution is 6.04. The minimum absolute atomic E-state index is 0.0173. The topological polar surface area (TPSA) is 67.9 Å². The summed E-state index contributed by atoms with van der Waals surface area (Å²) in [6.07, 6.45) is 0.818. The molecule has 6 heteroatoms. The first-order chi connectivity index (χ1) is 16.5. The smallest absolute Gasteiger partial charge is 0.264 e. The summed E-state index contributed by atoms with van der Waals surface area (Å²) in [6.45, 7) is 4.45. The van der Waals surface area contributed by atoms with E-state index in [2.05, 4.69) is 24.4 Å². The van der Waals surface area contributed by atoms with Gasteiger partial charge in [-0.1, -0.05) is 50.2 Å². The van der Waals surface area contributed by atoms with Crippen molar-refractivity contribution >= 4 is 17.5 Å². The molecule has 0 bridgehead atoms. The van der Waals surface area contributed by atoms with Crippen LogP contribution in [0.3, 0.4) is 0 Å². The van der Waals surface area contributed by atoms with Crippen LogP contribution in [0.4, 0.5) is 5.69 Å². The summed E-state index contributed by atoms with van der Waals surface area (Å²) in [5, 5.41) is 2.95. The molecule has 0 aliphatic carbocycles. The summed E-state index contributed by atoms with van der Waals surface area (Å²) in [5.41, 5.74) is 3.11. The highest BCUT2D eigenvalue weighted by atomic mass is 16.5. The van der Waals surface area contributed by atoms with Crippen LogP contribution >= 0.6 is 0 Å². The zero-order chi connectivity index (χ0) is 24.1. The van der Waals surface area contributed by atoms with E-state index in [0.717, 1.165) is 17.5 Å². The summed E-state index contributed by atoms with van der Waals surface area (Å²) in [5.74, 6) is 1.04. The molecule has 1 aliphatic heterocycles. The Morgan fingerprint density at radius 3 is 2.59 bits per heavy atom. The Bertz CT molecular complexity index is 1160. The van der Waals surface area contributed by atoms with Crippen LogP contribution in [0.1, 0.15) is 54.2 Å². The van der Waals surface area contributed by atoms with Gasteiger partial charge in [0, 0.05) is 16.8 Å². The number of anilines is 1. The largest absolute Gasteiger partial charge is 0.497 e. The number of methoxy groups -OCH3 is 1. The summed E-state index contributed by atoms with van der Waals surface area (Å²) >= 11 is 0. The summed E-state index contributed by atoms with van der Waals surface area (Å²) in [6, 6.07) is 22.5. The van der Waals surface area contributed by atoms with Gasteiger partial charge in [0.15, 0.2) is 6.10 Å². The number of amides is 2. The molecule has 0 saturated carbocycles. The SMILES string of the molecule is CC[C@H](c1ccccc1)N1Cc2cc(NC(=O)c3cccc(OC)c3)ccc2O[C@H](CC)C1=O. The Balaban J connectivity index is 1.63. The summed E-state index contributed by atoms with van der Waals surface area (Å²) < 4.78 is 11.4. The lowest BCUT2D eigenvalue weighted by molar-refractivity contribution is -0.141. The lowest BCUT2D eigenvalue weighted by Crippen LogP contribution is -2.41. The molecule has 176 valence electrons. The van der Waals surface area contributed by atoms with E-state index in [1.807, 2.05) is 42.2 Å². The summed E-state index contributed by atoms with van der Waals surface area (Å²) in [7, 11) is 1.57. The highest BCUT2D eigenvalue weighted by Crippen LogP contribution is 2.35. The fourth-order valence-corrected chi connectivity index (χ4v) is 4.35. The van der Waals surface area contributed by atoms with Crippen molar-refractivity contribution in [3.8, 4) is 11.5 Å². The fourth-order valence-electron chi connectivity index (χ4n) is 4.35. The maximum absolute atomic E-state index is 13.4. The lowest BCUT2D eigenvalue weighted by Gasteiger charge is -2.32. The molecular formula is C28H30N2O4. The molecule has 0 fully saturated rings. The van der Waals surface area contributed by atoms with Crippen LogP contribution in [0, 0.1) is 0 Å². The van der Waals surface area contributed by atoms with Crippen LogP contribution in [-0.2, 0) is 11.3 Å². The molecule has 0 aromatic heterocycles. The van der Waals surface area contributed by atoms with Crippen molar-refractivity contribution < 1.29 is 19.1 Å². The van der Waals surface area contributed by atoms with Gasteiger partial charge in [0.25, 0.3) is 11.8 Å². The van der Waals surface area contributed by atoms with Crippen molar-refractivity contribution in [2.75, 3.05) is 12.4 Å². The van der Waals surface area contributed by atoms with Gasteiger partial charge in [0.05, 0.1) is 19.7 Å². The molecular weight excluding hydrogens is 428 g/mol. The van der Waals surface area contributed by atoms with E-state index in [4.69, 9.17) is 9.47 Å². The number of rotatable bonds is 7. The Kier molecular flexibility index (Phi) is 7.16. The van der Waals surface area contributed by atoms with Crippen molar-refractivity contribution in [2.24, 2.45) is 0 Å². The molecule has 6 nitrogen and oxygen atoms in total. The third-order valence-electron chi connectivity index (χ3n) is 6.14. The maximum atomic E-state index is 13.4. The minimum atomic E-state index is -0.545. The van der Waals surface area contributed by atoms with Gasteiger partial charge in [0.2, 0.25) is 0 Å². The Morgan fingerprint density at radius 1 is 1.09 bits per heavy atom. The monoisotopic (exact) mass is 458 g/mol. The number of nitrogens with one attached hydrogen (secondary N) is 1. The van der Waals surface area contributed by atoms with Crippen molar-refractivity contribution in [3.63, 3.8) is 0 Å². The molecule has 1 aliphatic rings. The van der Waals surface area contributed by atoms with Crippen molar-refractivity contribution in [3.05, 3.63) is 89.5 Å². The summed E-state index contributed by atoms with van der Waals surface area (Å²) in [4.78, 5) is 28.2. The number of carbonyl (C=O) groups is 2. The second kappa shape index (κ2) is 10.4. The van der Waals surface area contributed by atoms with Gasteiger partial charge in [-0.05, 0) is 54.8 Å². The van der Waals surface area contributed by atoms with Gasteiger partial charge < -0.3 is 19.7 Å². The van der Waals surface area contributed by atoms with Crippen LogP contribution in [0.2, 0.25) is 0 Å². The van der Waals surface area contributed by atoms with E-state index in [-0.39, 0.29) is 17.9 Å². The lowest BCUT2D eigenvalue weighted by atomic mass is 10.0. The maximum Gasteiger partial charge on any atom is 0.264 e. The van der Waals surface area contributed by atoms with Gasteiger partial charge in [-0.25, -0.2) is 0 Å². The zero-order valence-electron chi connectivity index (χ0n) is 19.8. The zero-order valence-corrected chi connectivity index (χ0v) is 19.8. The predicted molar refractivity (Wildman–Crippen MR) is 132 cm³/mol. The second-order valence-corrected chi connectivity index (χ2v) is 8.32. The van der Waals surface area contributed by atoms with E-state index in [9.17, 15) is 9.59 Å². The van der Waals surface area contributed by atoms with E-state index in [1.165, 1.54) is 0 Å². The number of ether oxygens (including phenoxy) is 2. The standard InChI is InChI=1S/C28H30N2O4/c1-4-24(19-10-7-6-8-11-19)30-18-21-16-22(14-15-26(21)34-25(5-2)28(30)32)29-27(31)20-12-9-13-23(17-20)33-3/h6-17,24-25H,4-5,18H2,1-3H3,(H,29,31)/t24-,25-/m1/s1. The quantitative estimate of drug-likeness (QED) is 0.501. The molecule has 2 atom stereocenters. The van der Waals surface area contributed by atoms with Crippen molar-refractivity contribution in [1.29, 1.82) is 0 Å². The molecule has 3 aromatic rings. The van der Waals surface area contributed by atoms with Crippen LogP contribution in [0.5, 0.6) is 11.5 Å². The molecule has 0 spiro atoms. The number of nitrogens with zero attached hydrogens (tertiary/aromatic N) is 1. The molecule has 0 radical (unpaired) electrons. The Hall–Kier alpha value is -3.80. The molecule has 1 heterocycles. The van der Waals surface area contributed by atoms with E-state index in [1.54, 1.807) is 37.4 Å². The number of hydrogen-bond donors (Lipinski definition) is 1. The van der Waals surface area contributed by atoms with E-state index < -0.39 is 6.10 Å². The van der Waals surface area contributed by atoms with E-state index >= 15 is 0 Å². The van der Waals surface area contributed by atoms with Crippen molar-refractivity contribution in [1.82, 2.24) is 4.90 Å². The first-order valence-corrected chi connectivity index (χ1v) is 11.6. The number of carbonyl (C=O) groups excluding carboxylic acids is 2. The average Bonchev–Trinajstić information content (AvgIpc) is 3.01. The van der Waals surface area contributed by atoms with Crippen molar-refractivity contribution in [2.45, 2.75) is 45.4 Å². The second-order valence-electron chi connectivity index (χ2n) is 8.32. The third-order valence-corrected chi connectivity index (χ3v) is 6.14. The number of benzene rings is 3. The molecule has 4 rings (SSSR count). The molecule has 0 saturated heterocycles. The molecule has 0 unspecified atom stereocenters. The van der Waals surface area contributed by atoms with Gasteiger partial charge in [-0.2, -0.15) is 0 Å². The minimum Gasteiger partial charge on any atom is -0.497 e. The van der Waals surface area contributed by atoms with Gasteiger partial charge in [0.1, 0.15) is 11.5 Å². The molecule has 2 amide bonds. The number of fused-ring (bicyclic) bond motifs is 1. The van der Waals surface area contributed by atoms with Crippen LogP contribution in [0.15, 0.2) is 72.8 Å². The molecule has 3 aromatic carbocycles. The number of hydrogen-bond acceptors (Lipinski definition) is 4. The highest BCUT2D eigenvalue weighted by Gasteiger charge is 2.34. The van der Waals surface area contributed by atoms with E-state index in [0.29, 0.717) is 35.7 Å². The average molecular weight is 459 g/mol. The van der Waals surface area contributed by atoms with Gasteiger partial charge in [-0.15, -0.1) is 0 Å². The van der Waals surface area contributed by atoms with Gasteiger partial charge >= 0.3 is 0 Å².